The van der Waals surface area contributed by atoms with Crippen molar-refractivity contribution >= 4 is 49.8 Å². The summed E-state index contributed by atoms with van der Waals surface area (Å²) in [5, 5.41) is 6.25. The fraction of sp³-hybridized carbons (Fsp3) is 0.0667. The first-order valence-corrected chi connectivity index (χ1v) is 22.8. The first-order valence-electron chi connectivity index (χ1n) is 21.9. The summed E-state index contributed by atoms with van der Waals surface area (Å²) in [6.07, 6.45) is 6.99. The van der Waals surface area contributed by atoms with Crippen LogP contribution in [-0.4, -0.2) is 9.97 Å². The molecule has 10 aromatic rings. The van der Waals surface area contributed by atoms with Gasteiger partial charge in [0.15, 0.2) is 5.82 Å². The van der Waals surface area contributed by atoms with Gasteiger partial charge in [0.1, 0.15) is 0 Å². The van der Waals surface area contributed by atoms with E-state index in [9.17, 15) is 0 Å². The molecular weight excluding hydrogens is 781 g/mol. The Hall–Kier alpha value is -7.33. The zero-order valence-electron chi connectivity index (χ0n) is 34.7. The van der Waals surface area contributed by atoms with E-state index in [1.807, 2.05) is 11.8 Å². The molecule has 0 bridgehead atoms. The maximum absolute atomic E-state index is 5.38. The number of fused-ring (bicyclic) bond motifs is 14. The number of benzene rings is 9. The highest BCUT2D eigenvalue weighted by Crippen LogP contribution is 2.65. The highest BCUT2D eigenvalue weighted by Gasteiger charge is 2.51. The minimum absolute atomic E-state index is 0.132. The molecular formula is C60H40N2S. The van der Waals surface area contributed by atoms with Crippen LogP contribution >= 0.6 is 11.8 Å². The van der Waals surface area contributed by atoms with Gasteiger partial charge in [-0.2, -0.15) is 0 Å². The molecule has 0 N–H and O–H groups in total. The molecule has 0 radical (unpaired) electrons. The van der Waals surface area contributed by atoms with Crippen molar-refractivity contribution in [1.82, 2.24) is 9.97 Å². The van der Waals surface area contributed by atoms with Crippen LogP contribution in [0.3, 0.4) is 0 Å². The highest BCUT2D eigenvalue weighted by molar-refractivity contribution is 8.00. The Labute approximate surface area is 371 Å². The second kappa shape index (κ2) is 14.1. The summed E-state index contributed by atoms with van der Waals surface area (Å²) in [6, 6.07) is 71.5. The molecule has 3 heteroatoms. The largest absolute Gasteiger partial charge is 0.232 e. The number of allylic oxidation sites excluding steroid dienone is 4. The van der Waals surface area contributed by atoms with Crippen LogP contribution in [0, 0.1) is 5.92 Å². The number of hydrogen-bond acceptors (Lipinski definition) is 3. The first kappa shape index (κ1) is 36.3. The molecule has 296 valence electrons. The van der Waals surface area contributed by atoms with Gasteiger partial charge in [-0.15, -0.1) is 0 Å². The molecule has 2 atom stereocenters. The maximum atomic E-state index is 5.38. The van der Waals surface area contributed by atoms with Crippen LogP contribution < -0.4 is 0 Å². The van der Waals surface area contributed by atoms with E-state index in [-0.39, 0.29) is 11.8 Å². The van der Waals surface area contributed by atoms with Crippen molar-refractivity contribution in [3.8, 4) is 33.6 Å². The van der Waals surface area contributed by atoms with Crippen molar-refractivity contribution in [3.63, 3.8) is 0 Å². The van der Waals surface area contributed by atoms with Crippen molar-refractivity contribution in [3.05, 3.63) is 246 Å². The average Bonchev–Trinajstić information content (AvgIpc) is 3.64. The van der Waals surface area contributed by atoms with Crippen LogP contribution in [0.25, 0.3) is 71.7 Å². The molecule has 1 spiro atoms. The van der Waals surface area contributed by atoms with Gasteiger partial charge < -0.3 is 0 Å². The van der Waals surface area contributed by atoms with Crippen molar-refractivity contribution in [2.24, 2.45) is 5.92 Å². The van der Waals surface area contributed by atoms with E-state index in [1.165, 1.54) is 87.0 Å². The minimum atomic E-state index is -0.497. The van der Waals surface area contributed by atoms with Crippen LogP contribution in [-0.2, 0) is 5.41 Å². The quantitative estimate of drug-likeness (QED) is 0.177. The maximum Gasteiger partial charge on any atom is 0.160 e. The topological polar surface area (TPSA) is 25.8 Å². The molecule has 2 unspecified atom stereocenters. The van der Waals surface area contributed by atoms with Crippen LogP contribution in [0.5, 0.6) is 0 Å². The predicted molar refractivity (Wildman–Crippen MR) is 262 cm³/mol. The molecule has 2 nitrogen and oxygen atoms in total. The SMILES string of the molecule is CC1C=C(c2ccccc2)C=CC1c1nc(-c2ccc(-c3cccc4c3-c3ccccc3C43c4ccc5ccccc5c4Sc4c3ccc3ccccc43)cc2)nc2ccccc12. The zero-order valence-corrected chi connectivity index (χ0v) is 35.5. The molecule has 63 heavy (non-hydrogen) atoms. The summed E-state index contributed by atoms with van der Waals surface area (Å²) in [7, 11) is 0. The smallest absolute Gasteiger partial charge is 0.160 e. The number of nitrogens with zero attached hydrogens (tertiary/aromatic N) is 2. The van der Waals surface area contributed by atoms with E-state index < -0.39 is 5.41 Å². The third-order valence-electron chi connectivity index (χ3n) is 13.8. The summed E-state index contributed by atoms with van der Waals surface area (Å²) in [5.74, 6) is 1.15. The minimum Gasteiger partial charge on any atom is -0.232 e. The van der Waals surface area contributed by atoms with Crippen molar-refractivity contribution in [1.29, 1.82) is 0 Å². The summed E-state index contributed by atoms with van der Waals surface area (Å²) in [4.78, 5) is 13.2. The Morgan fingerprint density at radius 3 is 1.79 bits per heavy atom. The average molecular weight is 821 g/mol. The third-order valence-corrected chi connectivity index (χ3v) is 15.1. The Bertz CT molecular complexity index is 3480. The van der Waals surface area contributed by atoms with Gasteiger partial charge in [0, 0.05) is 26.7 Å². The number of aromatic nitrogens is 2. The van der Waals surface area contributed by atoms with Crippen LogP contribution in [0.4, 0.5) is 0 Å². The standard InChI is InChI=1S/C60H40N2S/c1-37-36-43(38-14-3-2-4-15-38)30-33-44(37)56-49-21-10-12-25-54(49)61-59(62-56)42-28-26-41(27-29-42)45-22-13-24-51-55(45)48-20-9-11-23-50(48)60(51)52-34-31-39-16-5-7-18-46(39)57(52)63-58-47-19-8-6-17-40(47)32-35-53(58)60/h2-37,44H,1H3. The fourth-order valence-corrected chi connectivity index (χ4v) is 12.4. The van der Waals surface area contributed by atoms with Gasteiger partial charge in [0.05, 0.1) is 16.6 Å². The van der Waals surface area contributed by atoms with Crippen LogP contribution in [0.2, 0.25) is 0 Å². The second-order valence-corrected chi connectivity index (χ2v) is 18.2. The molecule has 3 aliphatic rings. The van der Waals surface area contributed by atoms with Crippen LogP contribution in [0.1, 0.15) is 46.4 Å². The van der Waals surface area contributed by atoms with E-state index in [1.54, 1.807) is 0 Å². The van der Waals surface area contributed by atoms with Gasteiger partial charge in [0.2, 0.25) is 0 Å². The molecule has 1 aromatic heterocycles. The second-order valence-electron chi connectivity index (χ2n) is 17.2. The van der Waals surface area contributed by atoms with Crippen molar-refractivity contribution < 1.29 is 0 Å². The Morgan fingerprint density at radius 1 is 0.460 bits per heavy atom. The number of para-hydroxylation sites is 1. The first-order chi connectivity index (χ1) is 31.1. The lowest BCUT2D eigenvalue weighted by molar-refractivity contribution is 0.626. The molecule has 1 aliphatic heterocycles. The van der Waals surface area contributed by atoms with E-state index in [0.717, 1.165) is 28.0 Å². The Morgan fingerprint density at radius 2 is 1.06 bits per heavy atom. The van der Waals surface area contributed by atoms with E-state index in [4.69, 9.17) is 9.97 Å². The van der Waals surface area contributed by atoms with Crippen LogP contribution in [0.15, 0.2) is 222 Å². The Balaban J connectivity index is 0.960. The third kappa shape index (κ3) is 5.39. The van der Waals surface area contributed by atoms with Gasteiger partial charge in [-0.3, -0.25) is 0 Å². The number of rotatable bonds is 4. The molecule has 0 fully saturated rings. The van der Waals surface area contributed by atoms with Gasteiger partial charge in [-0.1, -0.05) is 225 Å². The molecule has 0 saturated heterocycles. The summed E-state index contributed by atoms with van der Waals surface area (Å²) >= 11 is 1.94. The summed E-state index contributed by atoms with van der Waals surface area (Å²) in [5.41, 5.74) is 15.4. The van der Waals surface area contributed by atoms with E-state index in [2.05, 4.69) is 219 Å². The lowest BCUT2D eigenvalue weighted by atomic mass is 9.66. The van der Waals surface area contributed by atoms with E-state index in [0.29, 0.717) is 0 Å². The molecule has 0 saturated carbocycles. The lowest BCUT2D eigenvalue weighted by Crippen LogP contribution is -2.32. The molecule has 2 heterocycles. The number of hydrogen-bond donors (Lipinski definition) is 0. The summed E-state index contributed by atoms with van der Waals surface area (Å²) < 4.78 is 0. The lowest BCUT2D eigenvalue weighted by Gasteiger charge is -2.40. The zero-order chi connectivity index (χ0) is 41.6. The van der Waals surface area contributed by atoms with Gasteiger partial charge >= 0.3 is 0 Å². The fourth-order valence-electron chi connectivity index (χ4n) is 11.0. The monoisotopic (exact) mass is 820 g/mol. The summed E-state index contributed by atoms with van der Waals surface area (Å²) in [6.45, 7) is 2.30. The molecule has 9 aromatic carbocycles. The van der Waals surface area contributed by atoms with Crippen molar-refractivity contribution in [2.45, 2.75) is 28.0 Å². The Kier molecular flexibility index (Phi) is 8.13. The molecule has 0 amide bonds. The predicted octanol–water partition coefficient (Wildman–Crippen LogP) is 15.5. The van der Waals surface area contributed by atoms with E-state index >= 15 is 0 Å². The van der Waals surface area contributed by atoms with Gasteiger partial charge in [-0.25, -0.2) is 9.97 Å². The molecule has 2 aliphatic carbocycles. The normalized spacial score (nSPS) is 16.7. The highest BCUT2D eigenvalue weighted by atomic mass is 32.2. The van der Waals surface area contributed by atoms with Crippen molar-refractivity contribution in [2.75, 3.05) is 0 Å². The van der Waals surface area contributed by atoms with Gasteiger partial charge in [-0.05, 0) is 89.2 Å². The van der Waals surface area contributed by atoms with Gasteiger partial charge in [0.25, 0.3) is 0 Å². The molecule has 13 rings (SSSR count).